The van der Waals surface area contributed by atoms with Gasteiger partial charge in [-0.05, 0) is 18.4 Å². The van der Waals surface area contributed by atoms with Crippen LogP contribution in [0.4, 0.5) is 0 Å². The Bertz CT molecular complexity index is 117. The van der Waals surface area contributed by atoms with E-state index in [-0.39, 0.29) is 68.4 Å². The maximum Gasteiger partial charge on any atom is -2.00 e. The van der Waals surface area contributed by atoms with Crippen molar-refractivity contribution in [3.8, 4) is 0 Å². The van der Waals surface area contributed by atoms with Crippen molar-refractivity contribution >= 4 is 51.4 Å². The second kappa shape index (κ2) is 10.0. The Kier molecular flexibility index (Phi) is 15.6. The van der Waals surface area contributed by atoms with Gasteiger partial charge in [0.25, 0.3) is 0 Å². The molecule has 0 saturated heterocycles. The molecular weight excluding hydrogens is 187 g/mol. The van der Waals surface area contributed by atoms with E-state index in [2.05, 4.69) is 0 Å². The van der Waals surface area contributed by atoms with Gasteiger partial charge in [-0.25, -0.2) is 0 Å². The summed E-state index contributed by atoms with van der Waals surface area (Å²) in [6.07, 6.45) is 5.57. The molecule has 0 atom stereocenters. The minimum atomic E-state index is 0. The molecule has 0 bridgehead atoms. The summed E-state index contributed by atoms with van der Waals surface area (Å²) in [4.78, 5) is 0.610. The first-order valence-electron chi connectivity index (χ1n) is 3.50. The monoisotopic (exact) mass is 201 g/mol. The van der Waals surface area contributed by atoms with E-state index in [1.165, 1.54) is 19.3 Å². The van der Waals surface area contributed by atoms with Crippen molar-refractivity contribution in [1.29, 1.82) is 5.53 Å². The number of hydrogen-bond acceptors (Lipinski definition) is 1. The SMILES string of the molecule is N=[N+](O)C1CCCCC1.[KH].[O-2].[O-2]. The maximum atomic E-state index is 8.68. The summed E-state index contributed by atoms with van der Waals surface area (Å²) < 4.78 is 0. The molecule has 0 aromatic rings. The van der Waals surface area contributed by atoms with Crippen molar-refractivity contribution in [2.45, 2.75) is 38.1 Å². The topological polar surface area (TPSA) is 104 Å². The van der Waals surface area contributed by atoms with Crippen molar-refractivity contribution < 1.29 is 21.0 Å². The number of nitrogens with zero attached hydrogens (tertiary/aromatic N) is 1. The second-order valence-electron chi connectivity index (χ2n) is 2.64. The van der Waals surface area contributed by atoms with Crippen molar-refractivity contribution in [1.82, 2.24) is 0 Å². The van der Waals surface area contributed by atoms with Gasteiger partial charge in [0.1, 0.15) is 0 Å². The molecule has 0 amide bonds. The van der Waals surface area contributed by atoms with Gasteiger partial charge >= 0.3 is 51.4 Å². The second-order valence-corrected chi connectivity index (χ2v) is 2.64. The molecule has 0 heterocycles. The third-order valence-corrected chi connectivity index (χ3v) is 1.92. The Morgan fingerprint density at radius 1 is 1.08 bits per heavy atom. The van der Waals surface area contributed by atoms with Crippen molar-refractivity contribution in [2.75, 3.05) is 0 Å². The van der Waals surface area contributed by atoms with Gasteiger partial charge in [0.2, 0.25) is 6.04 Å². The van der Waals surface area contributed by atoms with Gasteiger partial charge in [-0.2, -0.15) is 0 Å². The van der Waals surface area contributed by atoms with Crippen LogP contribution in [0.5, 0.6) is 0 Å². The van der Waals surface area contributed by atoms with Gasteiger partial charge in [0.05, 0.1) is 4.86 Å². The van der Waals surface area contributed by atoms with Crippen LogP contribution in [0.2, 0.25) is 0 Å². The molecule has 1 aliphatic carbocycles. The van der Waals surface area contributed by atoms with Crippen molar-refractivity contribution in [2.24, 2.45) is 0 Å². The van der Waals surface area contributed by atoms with Gasteiger partial charge in [0.15, 0.2) is 0 Å². The third-order valence-electron chi connectivity index (χ3n) is 1.92. The quantitative estimate of drug-likeness (QED) is 0.279. The van der Waals surface area contributed by atoms with E-state index in [9.17, 15) is 0 Å². The molecule has 0 radical (unpaired) electrons. The first kappa shape index (κ1) is 18.7. The van der Waals surface area contributed by atoms with Crippen molar-refractivity contribution in [3.63, 3.8) is 0 Å². The molecule has 70 valence electrons. The van der Waals surface area contributed by atoms with Gasteiger partial charge in [-0.3, -0.25) is 5.21 Å². The summed E-state index contributed by atoms with van der Waals surface area (Å²) in [5, 5.41) is 8.68. The average Bonchev–Trinajstić information content (AvgIpc) is 1.90. The van der Waals surface area contributed by atoms with Crippen LogP contribution in [-0.4, -0.2) is 67.5 Å². The molecule has 1 rings (SSSR count). The number of hydrogen-bond donors (Lipinski definition) is 2. The minimum absolute atomic E-state index is 0. The molecule has 12 heavy (non-hydrogen) atoms. The number of nitrogens with one attached hydrogen (secondary N) is 1. The summed E-state index contributed by atoms with van der Waals surface area (Å²) >= 11 is 0. The Morgan fingerprint density at radius 3 is 1.75 bits per heavy atom. The fraction of sp³-hybridized carbons (Fsp3) is 1.00. The van der Waals surface area contributed by atoms with Gasteiger partial charge < -0.3 is 11.0 Å². The van der Waals surface area contributed by atoms with Crippen LogP contribution >= 0.6 is 0 Å². The molecule has 0 aliphatic heterocycles. The molecule has 0 unspecified atom stereocenters. The van der Waals surface area contributed by atoms with Gasteiger partial charge in [-0.15, -0.1) is 0 Å². The van der Waals surface area contributed by atoms with Crippen LogP contribution in [0, 0.1) is 5.53 Å². The molecule has 1 aliphatic rings. The molecule has 1 fully saturated rings. The number of hydroxylamine groups is 1. The Morgan fingerprint density at radius 2 is 1.50 bits per heavy atom. The normalized spacial score (nSPS) is 16.3. The fourth-order valence-corrected chi connectivity index (χ4v) is 1.33. The predicted molar refractivity (Wildman–Crippen MR) is 40.2 cm³/mol. The third kappa shape index (κ3) is 6.47. The summed E-state index contributed by atoms with van der Waals surface area (Å²) in [7, 11) is 0. The molecule has 5 nitrogen and oxygen atoms in total. The Balaban J connectivity index is -0.000000270. The van der Waals surface area contributed by atoms with Gasteiger partial charge in [0, 0.05) is 12.8 Å². The van der Waals surface area contributed by atoms with Crippen LogP contribution in [0.3, 0.4) is 0 Å². The van der Waals surface area contributed by atoms with Crippen LogP contribution in [-0.2, 0) is 11.0 Å². The van der Waals surface area contributed by atoms with E-state index in [1.807, 2.05) is 0 Å². The van der Waals surface area contributed by atoms with Gasteiger partial charge in [-0.1, -0.05) is 6.42 Å². The first-order chi connectivity index (χ1) is 4.30. The summed E-state index contributed by atoms with van der Waals surface area (Å²) in [5.41, 5.74) is 6.86. The van der Waals surface area contributed by atoms with Crippen LogP contribution in [0.1, 0.15) is 32.1 Å². The molecule has 0 aromatic carbocycles. The minimum Gasteiger partial charge on any atom is -2.00 e. The largest absolute Gasteiger partial charge is 2.00 e. The van der Waals surface area contributed by atoms with Crippen LogP contribution in [0.15, 0.2) is 0 Å². The standard InChI is InChI=1S/C6H13N2O.K.2O.H/c7-8(9)6-4-2-1-3-5-6;;;;/h6H,1-5H2,(H2,7,9);;;;/q+1;;2*-2;. The molecule has 0 spiro atoms. The fourth-order valence-electron chi connectivity index (χ4n) is 1.33. The molecule has 2 N–H and O–H groups in total. The zero-order valence-electron chi connectivity index (χ0n) is 6.32. The molecule has 0 aromatic heterocycles. The molecule has 6 heteroatoms. The van der Waals surface area contributed by atoms with E-state index in [1.54, 1.807) is 0 Å². The van der Waals surface area contributed by atoms with E-state index < -0.39 is 0 Å². The molecule has 1 saturated carbocycles. The zero-order valence-corrected chi connectivity index (χ0v) is 6.32. The smallest absolute Gasteiger partial charge is 2.00 e. The van der Waals surface area contributed by atoms with Crippen molar-refractivity contribution in [3.05, 3.63) is 0 Å². The molecular formula is C6H14KN2O3-3. The Hall–Kier alpha value is 0.956. The van der Waals surface area contributed by atoms with Crippen LogP contribution in [0.25, 0.3) is 0 Å². The van der Waals surface area contributed by atoms with E-state index in [0.717, 1.165) is 12.8 Å². The van der Waals surface area contributed by atoms with E-state index >= 15 is 0 Å². The summed E-state index contributed by atoms with van der Waals surface area (Å²) in [6.45, 7) is 0. The number of rotatable bonds is 1. The predicted octanol–water partition coefficient (Wildman–Crippen LogP) is 0.866. The maximum absolute atomic E-state index is 8.68. The average molecular weight is 201 g/mol. The Labute approximate surface area is 115 Å². The first-order valence-corrected chi connectivity index (χ1v) is 3.50. The van der Waals surface area contributed by atoms with E-state index in [4.69, 9.17) is 10.7 Å². The summed E-state index contributed by atoms with van der Waals surface area (Å²) in [6, 6.07) is 0.110. The zero-order chi connectivity index (χ0) is 6.69. The van der Waals surface area contributed by atoms with E-state index in [0.29, 0.717) is 4.86 Å². The summed E-state index contributed by atoms with van der Waals surface area (Å²) in [5.74, 6) is 0. The van der Waals surface area contributed by atoms with Crippen LogP contribution < -0.4 is 0 Å².